The summed E-state index contributed by atoms with van der Waals surface area (Å²) in [7, 11) is 0. The highest BCUT2D eigenvalue weighted by Crippen LogP contribution is 2.21. The van der Waals surface area contributed by atoms with Crippen LogP contribution in [-0.4, -0.2) is 56.3 Å². The number of nitrogens with zero attached hydrogens (tertiary/aromatic N) is 4. The molecule has 0 spiro atoms. The Kier molecular flexibility index (Phi) is 9.41. The van der Waals surface area contributed by atoms with Gasteiger partial charge in [-0.25, -0.2) is 4.39 Å². The summed E-state index contributed by atoms with van der Waals surface area (Å²) in [5, 5.41) is 10.0. The molecule has 2 aromatic carbocycles. The molecule has 0 aliphatic carbocycles. The van der Waals surface area contributed by atoms with Crippen molar-refractivity contribution in [3.05, 3.63) is 94.1 Å². The predicted octanol–water partition coefficient (Wildman–Crippen LogP) is 3.52. The van der Waals surface area contributed by atoms with Gasteiger partial charge in [0.25, 0.3) is 5.91 Å². The first-order valence-corrected chi connectivity index (χ1v) is 13.2. The molecule has 10 nitrogen and oxygen atoms in total. The van der Waals surface area contributed by atoms with Crippen molar-refractivity contribution in [3.8, 4) is 0 Å². The largest absolute Gasteiger partial charge is 0.350 e. The summed E-state index contributed by atoms with van der Waals surface area (Å²) in [6.07, 6.45) is 2.19. The molecule has 41 heavy (non-hydrogen) atoms. The molecular weight excluding hydrogens is 551 g/mol. The van der Waals surface area contributed by atoms with E-state index in [-0.39, 0.29) is 54.4 Å². The van der Waals surface area contributed by atoms with Crippen LogP contribution < -0.4 is 10.6 Å². The minimum atomic E-state index is -0.614. The second-order valence-electron chi connectivity index (χ2n) is 9.50. The van der Waals surface area contributed by atoms with Crippen molar-refractivity contribution in [1.29, 1.82) is 0 Å². The van der Waals surface area contributed by atoms with Crippen LogP contribution in [0.2, 0.25) is 5.02 Å². The Bertz CT molecular complexity index is 1590. The second-order valence-corrected chi connectivity index (χ2v) is 9.91. The second kappa shape index (κ2) is 13.1. The van der Waals surface area contributed by atoms with Crippen molar-refractivity contribution in [2.75, 3.05) is 6.54 Å². The highest BCUT2D eigenvalue weighted by atomic mass is 35.5. The normalized spacial score (nSPS) is 11.0. The Morgan fingerprint density at radius 2 is 1.88 bits per heavy atom. The number of aromatic nitrogens is 3. The molecule has 0 aliphatic rings. The maximum absolute atomic E-state index is 14.1. The molecule has 2 heterocycles. The Morgan fingerprint density at radius 3 is 2.59 bits per heavy atom. The standard InChI is InChI=1S/C29H28ClFN6O4/c1-18(2)36(15-26(39)33-13-20-6-5-8-23(30)28(20)31)27(40)16-37-25-10-9-19(12-22(25)24(17-38)35-37)29(41)34-14-21-7-3-4-11-32-21/h3-12,17-18H,13-16H2,1-2H3,(H,33,39)(H,34,41). The van der Waals surface area contributed by atoms with Crippen molar-refractivity contribution < 1.29 is 23.6 Å². The van der Waals surface area contributed by atoms with Crippen molar-refractivity contribution in [2.45, 2.75) is 39.5 Å². The van der Waals surface area contributed by atoms with Crippen molar-refractivity contribution in [3.63, 3.8) is 0 Å². The summed E-state index contributed by atoms with van der Waals surface area (Å²) in [6.45, 7) is 3.16. The van der Waals surface area contributed by atoms with Gasteiger partial charge in [-0.1, -0.05) is 29.8 Å². The van der Waals surface area contributed by atoms with Gasteiger partial charge < -0.3 is 15.5 Å². The number of amides is 3. The predicted molar refractivity (Wildman–Crippen MR) is 151 cm³/mol. The van der Waals surface area contributed by atoms with E-state index in [0.717, 1.165) is 0 Å². The third-order valence-electron chi connectivity index (χ3n) is 6.36. The lowest BCUT2D eigenvalue weighted by Crippen LogP contribution is -2.45. The fourth-order valence-electron chi connectivity index (χ4n) is 4.20. The van der Waals surface area contributed by atoms with Gasteiger partial charge in [-0.15, -0.1) is 0 Å². The summed E-state index contributed by atoms with van der Waals surface area (Å²) in [4.78, 5) is 55.9. The lowest BCUT2D eigenvalue weighted by Gasteiger charge is -2.26. The Morgan fingerprint density at radius 1 is 1.07 bits per heavy atom. The van der Waals surface area contributed by atoms with E-state index in [1.807, 2.05) is 6.07 Å². The van der Waals surface area contributed by atoms with Gasteiger partial charge in [-0.05, 0) is 50.2 Å². The van der Waals surface area contributed by atoms with Crippen LogP contribution in [0.4, 0.5) is 4.39 Å². The Labute approximate surface area is 240 Å². The average molecular weight is 579 g/mol. The molecule has 0 unspecified atom stereocenters. The fourth-order valence-corrected chi connectivity index (χ4v) is 4.39. The van der Waals surface area contributed by atoms with Crippen LogP contribution in [0.1, 0.15) is 46.0 Å². The molecule has 2 aromatic heterocycles. The van der Waals surface area contributed by atoms with E-state index in [4.69, 9.17) is 11.6 Å². The van der Waals surface area contributed by atoms with E-state index in [1.165, 1.54) is 21.7 Å². The Hall–Kier alpha value is -4.64. The van der Waals surface area contributed by atoms with Crippen LogP contribution in [0, 0.1) is 5.82 Å². The number of benzene rings is 2. The number of hydrogen-bond acceptors (Lipinski definition) is 6. The SMILES string of the molecule is CC(C)N(CC(=O)NCc1cccc(Cl)c1F)C(=O)Cn1nc(C=O)c2cc(C(=O)NCc3ccccn3)ccc21. The van der Waals surface area contributed by atoms with Gasteiger partial charge in [0.2, 0.25) is 11.8 Å². The van der Waals surface area contributed by atoms with Crippen molar-refractivity contribution in [2.24, 2.45) is 0 Å². The third-order valence-corrected chi connectivity index (χ3v) is 6.65. The summed E-state index contributed by atoms with van der Waals surface area (Å²) in [5.41, 5.74) is 1.79. The summed E-state index contributed by atoms with van der Waals surface area (Å²) < 4.78 is 15.5. The summed E-state index contributed by atoms with van der Waals surface area (Å²) in [6, 6.07) is 14.3. The quantitative estimate of drug-likeness (QED) is 0.262. The zero-order valence-corrected chi connectivity index (χ0v) is 23.2. The molecule has 0 fully saturated rings. The van der Waals surface area contributed by atoms with Crippen LogP contribution in [-0.2, 0) is 29.2 Å². The number of carbonyl (C=O) groups excluding carboxylic acids is 4. The highest BCUT2D eigenvalue weighted by Gasteiger charge is 2.23. The number of pyridine rings is 1. The molecule has 0 atom stereocenters. The van der Waals surface area contributed by atoms with Gasteiger partial charge in [0, 0.05) is 35.3 Å². The number of halogens is 2. The van der Waals surface area contributed by atoms with Crippen LogP contribution >= 0.6 is 11.6 Å². The molecule has 4 rings (SSSR count). The number of hydrogen-bond donors (Lipinski definition) is 2. The van der Waals surface area contributed by atoms with Gasteiger partial charge in [0.1, 0.15) is 18.1 Å². The first kappa shape index (κ1) is 29.3. The lowest BCUT2D eigenvalue weighted by atomic mass is 10.1. The molecule has 12 heteroatoms. The number of rotatable bonds is 11. The Balaban J connectivity index is 1.45. The number of carbonyl (C=O) groups is 4. The fraction of sp³-hybridized carbons (Fsp3) is 0.241. The topological polar surface area (TPSA) is 126 Å². The average Bonchev–Trinajstić information content (AvgIpc) is 3.32. The number of aldehydes is 1. The molecule has 0 bridgehead atoms. The summed E-state index contributed by atoms with van der Waals surface area (Å²) in [5.74, 6) is -1.86. The van der Waals surface area contributed by atoms with Gasteiger partial charge in [-0.2, -0.15) is 5.10 Å². The molecule has 0 aliphatic heterocycles. The monoisotopic (exact) mass is 578 g/mol. The number of nitrogens with one attached hydrogen (secondary N) is 2. The zero-order chi connectivity index (χ0) is 29.5. The van der Waals surface area contributed by atoms with Crippen molar-refractivity contribution >= 4 is 46.5 Å². The van der Waals surface area contributed by atoms with Gasteiger partial charge >= 0.3 is 0 Å². The highest BCUT2D eigenvalue weighted by molar-refractivity contribution is 6.30. The molecule has 0 saturated carbocycles. The molecule has 0 saturated heterocycles. The first-order chi connectivity index (χ1) is 19.7. The van der Waals surface area contributed by atoms with Gasteiger partial charge in [0.15, 0.2) is 6.29 Å². The van der Waals surface area contributed by atoms with E-state index in [9.17, 15) is 23.6 Å². The maximum Gasteiger partial charge on any atom is 0.251 e. The van der Waals surface area contributed by atoms with Crippen molar-refractivity contribution in [1.82, 2.24) is 30.3 Å². The minimum absolute atomic E-state index is 0.0471. The van der Waals surface area contributed by atoms with Crippen LogP contribution in [0.5, 0.6) is 0 Å². The molecule has 0 radical (unpaired) electrons. The smallest absolute Gasteiger partial charge is 0.251 e. The minimum Gasteiger partial charge on any atom is -0.350 e. The molecule has 2 N–H and O–H groups in total. The van der Waals surface area contributed by atoms with Crippen LogP contribution in [0.25, 0.3) is 10.9 Å². The summed E-state index contributed by atoms with van der Waals surface area (Å²) >= 11 is 5.80. The van der Waals surface area contributed by atoms with E-state index >= 15 is 0 Å². The molecule has 3 amide bonds. The van der Waals surface area contributed by atoms with Gasteiger partial charge in [0.05, 0.1) is 29.3 Å². The maximum atomic E-state index is 14.1. The van der Waals surface area contributed by atoms with Crippen LogP contribution in [0.3, 0.4) is 0 Å². The molecule has 4 aromatic rings. The lowest BCUT2D eigenvalue weighted by molar-refractivity contribution is -0.138. The van der Waals surface area contributed by atoms with Gasteiger partial charge in [-0.3, -0.25) is 28.8 Å². The molecule has 212 valence electrons. The van der Waals surface area contributed by atoms with E-state index < -0.39 is 17.6 Å². The van der Waals surface area contributed by atoms with E-state index in [0.29, 0.717) is 28.4 Å². The van der Waals surface area contributed by atoms with Crippen LogP contribution in [0.15, 0.2) is 60.8 Å². The first-order valence-electron chi connectivity index (χ1n) is 12.8. The van der Waals surface area contributed by atoms with E-state index in [2.05, 4.69) is 20.7 Å². The zero-order valence-electron chi connectivity index (χ0n) is 22.4. The third kappa shape index (κ3) is 7.12. The number of fused-ring (bicyclic) bond motifs is 1. The molecular formula is C29H28ClFN6O4. The van der Waals surface area contributed by atoms with E-state index in [1.54, 1.807) is 56.4 Å².